The summed E-state index contributed by atoms with van der Waals surface area (Å²) in [5.41, 5.74) is 4.28. The van der Waals surface area contributed by atoms with Crippen LogP contribution in [-0.2, 0) is 16.0 Å². The van der Waals surface area contributed by atoms with Gasteiger partial charge in [0.15, 0.2) is 0 Å². The Bertz CT molecular complexity index is 879. The molecule has 0 bridgehead atoms. The van der Waals surface area contributed by atoms with Crippen molar-refractivity contribution in [1.82, 2.24) is 15.2 Å². The van der Waals surface area contributed by atoms with Crippen LogP contribution in [0.15, 0.2) is 23.6 Å². The van der Waals surface area contributed by atoms with Crippen molar-refractivity contribution in [2.45, 2.75) is 32.2 Å². The Balaban J connectivity index is 1.49. The highest BCUT2D eigenvalue weighted by atomic mass is 32.1. The first-order chi connectivity index (χ1) is 13.1. The molecule has 4 rings (SSSR count). The molecule has 0 spiro atoms. The van der Waals surface area contributed by atoms with Crippen LogP contribution >= 0.6 is 11.3 Å². The van der Waals surface area contributed by atoms with Crippen molar-refractivity contribution in [1.29, 1.82) is 0 Å². The minimum atomic E-state index is -0.184. The maximum absolute atomic E-state index is 12.9. The summed E-state index contributed by atoms with van der Waals surface area (Å²) < 4.78 is 0. The van der Waals surface area contributed by atoms with Gasteiger partial charge in [-0.05, 0) is 50.4 Å². The zero-order valence-corrected chi connectivity index (χ0v) is 16.5. The third-order valence-corrected chi connectivity index (χ3v) is 6.22. The first-order valence-corrected chi connectivity index (χ1v) is 10.3. The molecule has 0 radical (unpaired) electrons. The van der Waals surface area contributed by atoms with Gasteiger partial charge in [-0.1, -0.05) is 6.07 Å². The molecule has 2 aliphatic rings. The fourth-order valence-corrected chi connectivity index (χ4v) is 4.68. The summed E-state index contributed by atoms with van der Waals surface area (Å²) in [6, 6.07) is 6.05. The fraction of sp³-hybridized carbons (Fsp3) is 0.450. The summed E-state index contributed by atoms with van der Waals surface area (Å²) in [7, 11) is 1.65. The minimum Gasteiger partial charge on any atom is -0.358 e. The van der Waals surface area contributed by atoms with Crippen LogP contribution < -0.4 is 10.2 Å². The second-order valence-corrected chi connectivity index (χ2v) is 8.20. The zero-order chi connectivity index (χ0) is 19.0. The highest BCUT2D eigenvalue weighted by molar-refractivity contribution is 7.09. The smallest absolute Gasteiger partial charge is 0.241 e. The number of anilines is 1. The quantitative estimate of drug-likeness (QED) is 0.878. The number of thiazole rings is 1. The van der Waals surface area contributed by atoms with Gasteiger partial charge in [-0.3, -0.25) is 14.5 Å². The molecule has 7 heteroatoms. The van der Waals surface area contributed by atoms with Crippen molar-refractivity contribution in [3.63, 3.8) is 0 Å². The number of benzene rings is 1. The van der Waals surface area contributed by atoms with Crippen LogP contribution in [0, 0.1) is 6.92 Å². The van der Waals surface area contributed by atoms with Gasteiger partial charge in [-0.25, -0.2) is 4.98 Å². The highest BCUT2D eigenvalue weighted by Gasteiger charge is 2.33. The topological polar surface area (TPSA) is 65.5 Å². The van der Waals surface area contributed by atoms with Crippen LogP contribution in [0.25, 0.3) is 11.3 Å². The highest BCUT2D eigenvalue weighted by Crippen LogP contribution is 2.33. The summed E-state index contributed by atoms with van der Waals surface area (Å²) in [4.78, 5) is 33.4. The third kappa shape index (κ3) is 3.49. The second kappa shape index (κ2) is 7.40. The second-order valence-electron chi connectivity index (χ2n) is 7.13. The maximum Gasteiger partial charge on any atom is 0.241 e. The number of aryl methyl sites for hydroxylation is 1. The van der Waals surface area contributed by atoms with E-state index in [0.717, 1.165) is 47.8 Å². The first kappa shape index (κ1) is 18.1. The Morgan fingerprint density at radius 2 is 2.19 bits per heavy atom. The van der Waals surface area contributed by atoms with Crippen LogP contribution in [0.3, 0.4) is 0 Å². The molecule has 27 heavy (non-hydrogen) atoms. The average molecular weight is 385 g/mol. The van der Waals surface area contributed by atoms with E-state index < -0.39 is 0 Å². The molecule has 6 nitrogen and oxygen atoms in total. The first-order valence-electron chi connectivity index (χ1n) is 9.38. The Morgan fingerprint density at radius 1 is 1.33 bits per heavy atom. The molecule has 1 fully saturated rings. The molecule has 1 N–H and O–H groups in total. The Morgan fingerprint density at radius 3 is 2.93 bits per heavy atom. The summed E-state index contributed by atoms with van der Waals surface area (Å²) in [5.74, 6) is 0.0760. The van der Waals surface area contributed by atoms with E-state index in [4.69, 9.17) is 0 Å². The standard InChI is InChI=1S/C20H24N4O2S/c1-13-22-16(12-27-13)14-5-6-17-15(10-14)7-9-24(17)19(25)11-23-8-3-4-18(23)20(26)21-2/h5-6,10,12,18H,3-4,7-9,11H2,1-2H3,(H,21,26). The monoisotopic (exact) mass is 384 g/mol. The van der Waals surface area contributed by atoms with Gasteiger partial charge in [0.25, 0.3) is 0 Å². The van der Waals surface area contributed by atoms with Crippen LogP contribution in [0.4, 0.5) is 5.69 Å². The molecule has 142 valence electrons. The number of carbonyl (C=O) groups is 2. The number of nitrogens with one attached hydrogen (secondary N) is 1. The summed E-state index contributed by atoms with van der Waals surface area (Å²) >= 11 is 1.65. The van der Waals surface area contributed by atoms with Crippen molar-refractivity contribution in [3.8, 4) is 11.3 Å². The Kier molecular flexibility index (Phi) is 4.97. The van der Waals surface area contributed by atoms with Crippen molar-refractivity contribution in [2.75, 3.05) is 31.6 Å². The van der Waals surface area contributed by atoms with Gasteiger partial charge in [-0.2, -0.15) is 0 Å². The SMILES string of the molecule is CNC(=O)C1CCCN1CC(=O)N1CCc2cc(-c3csc(C)n3)ccc21. The number of likely N-dealkylation sites (N-methyl/N-ethyl adjacent to an activating group) is 1. The van der Waals surface area contributed by atoms with E-state index in [1.54, 1.807) is 18.4 Å². The molecular formula is C20H24N4O2S. The number of hydrogen-bond acceptors (Lipinski definition) is 5. The molecule has 2 aliphatic heterocycles. The molecule has 1 atom stereocenters. The summed E-state index contributed by atoms with van der Waals surface area (Å²) in [6.07, 6.45) is 2.63. The number of hydrogen-bond donors (Lipinski definition) is 1. The maximum atomic E-state index is 12.9. The average Bonchev–Trinajstić information content (AvgIpc) is 3.39. The van der Waals surface area contributed by atoms with Crippen molar-refractivity contribution < 1.29 is 9.59 Å². The van der Waals surface area contributed by atoms with Gasteiger partial charge in [-0.15, -0.1) is 11.3 Å². The van der Waals surface area contributed by atoms with E-state index in [-0.39, 0.29) is 17.9 Å². The van der Waals surface area contributed by atoms with Crippen molar-refractivity contribution in [3.05, 3.63) is 34.2 Å². The molecular weight excluding hydrogens is 360 g/mol. The Hall–Kier alpha value is -2.25. The molecule has 2 aromatic rings. The lowest BCUT2D eigenvalue weighted by molar-refractivity contribution is -0.126. The molecule has 0 saturated carbocycles. The van der Waals surface area contributed by atoms with Crippen LogP contribution in [-0.4, -0.2) is 54.4 Å². The van der Waals surface area contributed by atoms with Crippen LogP contribution in [0.5, 0.6) is 0 Å². The van der Waals surface area contributed by atoms with Crippen LogP contribution in [0.2, 0.25) is 0 Å². The summed E-state index contributed by atoms with van der Waals surface area (Å²) in [5, 5.41) is 5.83. The number of rotatable bonds is 4. The summed E-state index contributed by atoms with van der Waals surface area (Å²) in [6.45, 7) is 3.80. The molecule has 1 saturated heterocycles. The van der Waals surface area contributed by atoms with Crippen molar-refractivity contribution in [2.24, 2.45) is 0 Å². The van der Waals surface area contributed by atoms with Gasteiger partial charge >= 0.3 is 0 Å². The lowest BCUT2D eigenvalue weighted by atomic mass is 10.1. The molecule has 2 amide bonds. The van der Waals surface area contributed by atoms with Gasteiger partial charge in [0.05, 0.1) is 23.3 Å². The normalized spacial score (nSPS) is 19.3. The van der Waals surface area contributed by atoms with Gasteiger partial charge in [0.2, 0.25) is 11.8 Å². The van der Waals surface area contributed by atoms with E-state index in [1.807, 2.05) is 28.9 Å². The van der Waals surface area contributed by atoms with Gasteiger partial charge < -0.3 is 10.2 Å². The number of aromatic nitrogens is 1. The molecule has 3 heterocycles. The van der Waals surface area contributed by atoms with E-state index in [0.29, 0.717) is 13.1 Å². The predicted molar refractivity (Wildman–Crippen MR) is 107 cm³/mol. The number of likely N-dealkylation sites (tertiary alicyclic amines) is 1. The van der Waals surface area contributed by atoms with E-state index in [2.05, 4.69) is 21.7 Å². The van der Waals surface area contributed by atoms with Gasteiger partial charge in [0, 0.05) is 30.2 Å². The van der Waals surface area contributed by atoms with E-state index >= 15 is 0 Å². The van der Waals surface area contributed by atoms with E-state index in [9.17, 15) is 9.59 Å². The zero-order valence-electron chi connectivity index (χ0n) is 15.7. The van der Waals surface area contributed by atoms with Gasteiger partial charge in [0.1, 0.15) is 0 Å². The molecule has 0 aliphatic carbocycles. The van der Waals surface area contributed by atoms with Crippen LogP contribution in [0.1, 0.15) is 23.4 Å². The molecule has 1 aromatic heterocycles. The molecule has 1 aromatic carbocycles. The van der Waals surface area contributed by atoms with E-state index in [1.165, 1.54) is 5.56 Å². The minimum absolute atomic E-state index is 0.00493. The largest absolute Gasteiger partial charge is 0.358 e. The Labute approximate surface area is 163 Å². The number of amides is 2. The predicted octanol–water partition coefficient (Wildman–Crippen LogP) is 2.22. The number of nitrogens with zero attached hydrogens (tertiary/aromatic N) is 3. The third-order valence-electron chi connectivity index (χ3n) is 5.44. The fourth-order valence-electron chi connectivity index (χ4n) is 4.05. The lowest BCUT2D eigenvalue weighted by Crippen LogP contribution is -2.47. The number of carbonyl (C=O) groups excluding carboxylic acids is 2. The van der Waals surface area contributed by atoms with Crippen molar-refractivity contribution >= 4 is 28.8 Å². The molecule has 1 unspecified atom stereocenters. The lowest BCUT2D eigenvalue weighted by Gasteiger charge is -2.25. The number of fused-ring (bicyclic) bond motifs is 1.